The summed E-state index contributed by atoms with van der Waals surface area (Å²) < 4.78 is 33.0. The molecule has 2 aliphatic rings. The third-order valence-corrected chi connectivity index (χ3v) is 16.9. The van der Waals surface area contributed by atoms with Crippen LogP contribution < -0.4 is 0 Å². The molecular weight excluding hydrogens is 728 g/mol. The summed E-state index contributed by atoms with van der Waals surface area (Å²) in [7, 11) is 0. The van der Waals surface area contributed by atoms with Crippen molar-refractivity contribution in [2.45, 2.75) is 141 Å². The third-order valence-electron chi connectivity index (χ3n) is 11.4. The van der Waals surface area contributed by atoms with Crippen molar-refractivity contribution in [1.29, 1.82) is 0 Å². The van der Waals surface area contributed by atoms with Crippen LogP contribution in [-0.2, 0) is 49.9 Å². The molecule has 2 saturated heterocycles. The molecule has 0 aromatic carbocycles. The van der Waals surface area contributed by atoms with Gasteiger partial charge in [0.05, 0.1) is 0 Å². The summed E-state index contributed by atoms with van der Waals surface area (Å²) >= 11 is -8.17. The summed E-state index contributed by atoms with van der Waals surface area (Å²) in [5.41, 5.74) is -4.58. The van der Waals surface area contributed by atoms with E-state index >= 15 is 0 Å². The second-order valence-corrected chi connectivity index (χ2v) is 21.7. The quantitative estimate of drug-likeness (QED) is 0.269. The fourth-order valence-corrected chi connectivity index (χ4v) is 10.8. The standard InChI is InChI=1S/3C11H20O4.2Ga/c3*1-10(2,7-5-6-8(12)13)11(3,4)9(14)15;;/h3*5-7H2,1-4H3,(H,12,13)(H,14,15);;/q;;;2*+3/p-6. The van der Waals surface area contributed by atoms with Gasteiger partial charge in [0, 0.05) is 0 Å². The van der Waals surface area contributed by atoms with E-state index in [1.54, 1.807) is 41.5 Å². The van der Waals surface area contributed by atoms with Crippen LogP contribution in [0.3, 0.4) is 0 Å². The first-order valence-electron chi connectivity index (χ1n) is 16.5. The van der Waals surface area contributed by atoms with E-state index in [2.05, 4.69) is 0 Å². The summed E-state index contributed by atoms with van der Waals surface area (Å²) in [6, 6.07) is 0. The van der Waals surface area contributed by atoms with Crippen molar-refractivity contribution < 1.29 is 49.9 Å². The van der Waals surface area contributed by atoms with E-state index in [0.29, 0.717) is 38.5 Å². The van der Waals surface area contributed by atoms with Crippen LogP contribution in [0.15, 0.2) is 0 Å². The minimum atomic E-state index is -4.13. The molecule has 12 nitrogen and oxygen atoms in total. The average molecular weight is 782 g/mol. The Hall–Kier alpha value is -1.91. The van der Waals surface area contributed by atoms with Gasteiger partial charge < -0.3 is 0 Å². The molecule has 0 spiro atoms. The van der Waals surface area contributed by atoms with Crippen molar-refractivity contribution in [2.75, 3.05) is 0 Å². The Morgan fingerprint density at radius 2 is 1.09 bits per heavy atom. The summed E-state index contributed by atoms with van der Waals surface area (Å²) in [6.07, 6.45) is 3.17. The van der Waals surface area contributed by atoms with Crippen LogP contribution in [0.1, 0.15) is 141 Å². The van der Waals surface area contributed by atoms with Crippen LogP contribution in [0.5, 0.6) is 0 Å². The van der Waals surface area contributed by atoms with Gasteiger partial charge in [-0.3, -0.25) is 0 Å². The monoisotopic (exact) mass is 780 g/mol. The van der Waals surface area contributed by atoms with Crippen molar-refractivity contribution in [3.8, 4) is 0 Å². The van der Waals surface area contributed by atoms with Gasteiger partial charge >= 0.3 is 294 Å². The molecule has 0 N–H and O–H groups in total. The summed E-state index contributed by atoms with van der Waals surface area (Å²) in [4.78, 5) is 77.4. The van der Waals surface area contributed by atoms with Crippen molar-refractivity contribution in [2.24, 2.45) is 32.5 Å². The first-order chi connectivity index (χ1) is 21.3. The van der Waals surface area contributed by atoms with Crippen molar-refractivity contribution in [3.05, 3.63) is 0 Å². The van der Waals surface area contributed by atoms with E-state index in [1.165, 1.54) is 0 Å². The number of hydrogen-bond donors (Lipinski definition) is 0. The van der Waals surface area contributed by atoms with Gasteiger partial charge in [-0.1, -0.05) is 0 Å². The van der Waals surface area contributed by atoms with E-state index in [-0.39, 0.29) is 19.3 Å². The van der Waals surface area contributed by atoms with Crippen molar-refractivity contribution in [1.82, 2.24) is 0 Å². The number of carbonyl (C=O) groups is 6. The van der Waals surface area contributed by atoms with Crippen molar-refractivity contribution >= 4 is 70.4 Å². The number of rotatable bonds is 8. The van der Waals surface area contributed by atoms with Crippen LogP contribution in [0.4, 0.5) is 0 Å². The number of carbonyl (C=O) groups excluding carboxylic acids is 6. The van der Waals surface area contributed by atoms with Gasteiger partial charge in [0.15, 0.2) is 0 Å². The molecule has 0 unspecified atom stereocenters. The van der Waals surface area contributed by atoms with Crippen LogP contribution in [0, 0.1) is 32.5 Å². The topological polar surface area (TPSA) is 158 Å². The molecule has 2 rings (SSSR count). The summed E-state index contributed by atoms with van der Waals surface area (Å²) in [5, 5.41) is 0. The zero-order valence-corrected chi connectivity index (χ0v) is 35.3. The van der Waals surface area contributed by atoms with Gasteiger partial charge in [0.1, 0.15) is 0 Å². The van der Waals surface area contributed by atoms with E-state index in [0.717, 1.165) is 0 Å². The second-order valence-electron chi connectivity index (χ2n) is 16.4. The maximum absolute atomic E-state index is 13.5. The van der Waals surface area contributed by atoms with Crippen LogP contribution >= 0.6 is 0 Å². The molecule has 0 saturated carbocycles. The predicted octanol–water partition coefficient (Wildman–Crippen LogP) is 5.91. The molecule has 2 heterocycles. The summed E-state index contributed by atoms with van der Waals surface area (Å²) in [5.74, 6) is -3.61. The predicted molar refractivity (Wildman–Crippen MR) is 172 cm³/mol. The minimum absolute atomic E-state index is 0.0686. The normalized spacial score (nSPS) is 22.1. The molecular formula is C33H54Ga2O12. The van der Waals surface area contributed by atoms with E-state index in [4.69, 9.17) is 21.2 Å². The fourth-order valence-electron chi connectivity index (χ4n) is 5.14. The SMILES string of the molecule is CC1(C)CCCC(=O)[O][Ga]([O]C(=O)CCCC(C)(C)C(C)(C)C(=O)[O][Ga]2[O]C(=O)CCCC(C)(C)C(C)(C)C(=O)[O]2)[O]C(=O)C1(C)C. The Morgan fingerprint density at radius 3 is 1.51 bits per heavy atom. The number of hydrogen-bond acceptors (Lipinski definition) is 12. The first kappa shape index (κ1) is 41.3. The second kappa shape index (κ2) is 15.3. The van der Waals surface area contributed by atoms with Gasteiger partial charge in [-0.05, 0) is 0 Å². The average Bonchev–Trinajstić information content (AvgIpc) is 2.90. The molecule has 0 bridgehead atoms. The van der Waals surface area contributed by atoms with Crippen molar-refractivity contribution in [3.63, 3.8) is 0 Å². The van der Waals surface area contributed by atoms with E-state index in [1.807, 2.05) is 41.5 Å². The molecule has 264 valence electrons. The van der Waals surface area contributed by atoms with Gasteiger partial charge in [0.25, 0.3) is 0 Å². The van der Waals surface area contributed by atoms with Gasteiger partial charge in [-0.2, -0.15) is 0 Å². The van der Waals surface area contributed by atoms with E-state index < -0.39 is 103 Å². The third kappa shape index (κ3) is 10.1. The molecule has 0 aromatic rings. The Balaban J connectivity index is 2.05. The van der Waals surface area contributed by atoms with Gasteiger partial charge in [-0.15, -0.1) is 0 Å². The molecule has 0 atom stereocenters. The molecule has 0 radical (unpaired) electrons. The van der Waals surface area contributed by atoms with Crippen LogP contribution in [0.2, 0.25) is 0 Å². The van der Waals surface area contributed by atoms with Crippen LogP contribution in [0.25, 0.3) is 0 Å². The van der Waals surface area contributed by atoms with Gasteiger partial charge in [0.2, 0.25) is 0 Å². The zero-order valence-electron chi connectivity index (χ0n) is 30.4. The van der Waals surface area contributed by atoms with Crippen LogP contribution in [-0.4, -0.2) is 70.4 Å². The molecule has 2 aliphatic heterocycles. The Morgan fingerprint density at radius 1 is 0.681 bits per heavy atom. The molecule has 14 heteroatoms. The zero-order chi connectivity index (χ0) is 36.2. The molecule has 0 aliphatic carbocycles. The molecule has 0 aromatic heterocycles. The Bertz CT molecular complexity index is 1220. The molecule has 0 amide bonds. The first-order valence-corrected chi connectivity index (χ1v) is 22.4. The van der Waals surface area contributed by atoms with Gasteiger partial charge in [-0.25, -0.2) is 0 Å². The summed E-state index contributed by atoms with van der Waals surface area (Å²) in [6.45, 7) is 21.9. The molecule has 47 heavy (non-hydrogen) atoms. The maximum atomic E-state index is 13.5. The Kier molecular flexibility index (Phi) is 13.5. The fraction of sp³-hybridized carbons (Fsp3) is 0.818. The molecule has 2 fully saturated rings. The Labute approximate surface area is 292 Å². The van der Waals surface area contributed by atoms with E-state index in [9.17, 15) is 28.8 Å².